The van der Waals surface area contributed by atoms with E-state index in [0.29, 0.717) is 24.3 Å². The van der Waals surface area contributed by atoms with Crippen LogP contribution in [-0.2, 0) is 11.2 Å². The van der Waals surface area contributed by atoms with Crippen LogP contribution in [0.3, 0.4) is 0 Å². The fourth-order valence-corrected chi connectivity index (χ4v) is 2.12. The van der Waals surface area contributed by atoms with Crippen molar-refractivity contribution in [1.29, 1.82) is 0 Å². The number of amides is 1. The first-order chi connectivity index (χ1) is 11.5. The molecule has 2 N–H and O–H groups in total. The molecule has 1 heterocycles. The van der Waals surface area contributed by atoms with Gasteiger partial charge in [-0.05, 0) is 38.0 Å². The number of rotatable bonds is 7. The molecule has 1 amide bonds. The number of aromatic amines is 1. The number of H-pyrrole nitrogens is 1. The zero-order valence-corrected chi connectivity index (χ0v) is 13.7. The molecule has 0 saturated heterocycles. The summed E-state index contributed by atoms with van der Waals surface area (Å²) in [6, 6.07) is 9.91. The lowest BCUT2D eigenvalue weighted by Crippen LogP contribution is -2.37. The molecule has 1 atom stereocenters. The minimum absolute atomic E-state index is 0.0570. The second-order valence-corrected chi connectivity index (χ2v) is 5.45. The highest BCUT2D eigenvalue weighted by Gasteiger charge is 2.14. The minimum atomic E-state index is -0.678. The average Bonchev–Trinajstić information content (AvgIpc) is 2.56. The molecule has 2 aromatic rings. The predicted octanol–water partition coefficient (Wildman–Crippen LogP) is 1.70. The maximum absolute atomic E-state index is 12.0. The van der Waals surface area contributed by atoms with Crippen LogP contribution in [0.2, 0.25) is 0 Å². The molecule has 6 heteroatoms. The molecule has 0 unspecified atom stereocenters. The van der Waals surface area contributed by atoms with Crippen LogP contribution in [-0.4, -0.2) is 29.3 Å². The fourth-order valence-electron chi connectivity index (χ4n) is 2.12. The summed E-state index contributed by atoms with van der Waals surface area (Å²) in [5.41, 5.74) is 1.31. The molecule has 0 spiro atoms. The lowest BCUT2D eigenvalue weighted by Gasteiger charge is -2.15. The normalized spacial score (nSPS) is 11.6. The van der Waals surface area contributed by atoms with E-state index in [1.807, 2.05) is 0 Å². The monoisotopic (exact) mass is 328 g/mol. The number of ether oxygens (including phenoxy) is 1. The lowest BCUT2D eigenvalue weighted by atomic mass is 10.1. The van der Waals surface area contributed by atoms with E-state index in [4.69, 9.17) is 4.74 Å². The molecule has 0 bridgehead atoms. The second kappa shape index (κ2) is 8.10. The molecular weight excluding hydrogens is 308 g/mol. The topological polar surface area (TPSA) is 88.3 Å². The number of carbonyl (C=O) groups excluding carboxylic acids is 2. The van der Waals surface area contributed by atoms with E-state index in [1.165, 1.54) is 13.0 Å². The first kappa shape index (κ1) is 17.5. The average molecular weight is 328 g/mol. The quantitative estimate of drug-likeness (QED) is 0.757. The number of pyridine rings is 1. The first-order valence-corrected chi connectivity index (χ1v) is 7.68. The van der Waals surface area contributed by atoms with E-state index >= 15 is 0 Å². The maximum atomic E-state index is 12.0. The van der Waals surface area contributed by atoms with Gasteiger partial charge in [-0.2, -0.15) is 0 Å². The summed E-state index contributed by atoms with van der Waals surface area (Å²) < 4.78 is 5.57. The standard InChI is InChI=1S/C18H20N2O4/c1-12(21)15-4-3-5-16(10-15)24-13(2)18(23)19-9-8-14-6-7-17(22)20-11-14/h3-7,10-11,13H,8-9H2,1-2H3,(H,19,23)(H,20,22)/t13-/m1/s1. The van der Waals surface area contributed by atoms with Gasteiger partial charge in [0.05, 0.1) is 0 Å². The van der Waals surface area contributed by atoms with E-state index in [0.717, 1.165) is 5.56 Å². The van der Waals surface area contributed by atoms with Crippen molar-refractivity contribution < 1.29 is 14.3 Å². The van der Waals surface area contributed by atoms with Gasteiger partial charge in [0.15, 0.2) is 11.9 Å². The van der Waals surface area contributed by atoms with Crippen LogP contribution in [0.4, 0.5) is 0 Å². The van der Waals surface area contributed by atoms with Gasteiger partial charge >= 0.3 is 0 Å². The number of benzene rings is 1. The molecule has 6 nitrogen and oxygen atoms in total. The van der Waals surface area contributed by atoms with E-state index in [9.17, 15) is 14.4 Å². The van der Waals surface area contributed by atoms with Crippen molar-refractivity contribution in [3.8, 4) is 5.75 Å². The minimum Gasteiger partial charge on any atom is -0.481 e. The maximum Gasteiger partial charge on any atom is 0.260 e. The molecule has 24 heavy (non-hydrogen) atoms. The Hall–Kier alpha value is -2.89. The third kappa shape index (κ3) is 5.08. The molecule has 0 saturated carbocycles. The molecular formula is C18H20N2O4. The molecule has 1 aromatic heterocycles. The van der Waals surface area contributed by atoms with E-state index < -0.39 is 6.10 Å². The Morgan fingerprint density at radius 3 is 2.71 bits per heavy atom. The van der Waals surface area contributed by atoms with Crippen molar-refractivity contribution in [2.45, 2.75) is 26.4 Å². The van der Waals surface area contributed by atoms with Crippen molar-refractivity contribution in [2.75, 3.05) is 6.54 Å². The van der Waals surface area contributed by atoms with Crippen molar-refractivity contribution >= 4 is 11.7 Å². The third-order valence-electron chi connectivity index (χ3n) is 3.48. The van der Waals surface area contributed by atoms with Crippen LogP contribution in [0.25, 0.3) is 0 Å². The van der Waals surface area contributed by atoms with Gasteiger partial charge in [-0.1, -0.05) is 18.2 Å². The van der Waals surface area contributed by atoms with Crippen LogP contribution >= 0.6 is 0 Å². The van der Waals surface area contributed by atoms with Crippen LogP contribution < -0.4 is 15.6 Å². The van der Waals surface area contributed by atoms with Crippen LogP contribution in [0.5, 0.6) is 5.75 Å². The van der Waals surface area contributed by atoms with Crippen LogP contribution in [0.15, 0.2) is 47.4 Å². The number of nitrogens with one attached hydrogen (secondary N) is 2. The van der Waals surface area contributed by atoms with Gasteiger partial charge in [0.1, 0.15) is 5.75 Å². The van der Waals surface area contributed by atoms with E-state index in [2.05, 4.69) is 10.3 Å². The van der Waals surface area contributed by atoms with Crippen molar-refractivity contribution in [2.24, 2.45) is 0 Å². The fraction of sp³-hybridized carbons (Fsp3) is 0.278. The van der Waals surface area contributed by atoms with Gasteiger partial charge in [-0.15, -0.1) is 0 Å². The van der Waals surface area contributed by atoms with Crippen molar-refractivity contribution in [3.63, 3.8) is 0 Å². The Kier molecular flexibility index (Phi) is 5.89. The lowest BCUT2D eigenvalue weighted by molar-refractivity contribution is -0.127. The number of ketones is 1. The SMILES string of the molecule is CC(=O)c1cccc(O[C@H](C)C(=O)NCCc2ccc(=O)[nH]c2)c1. The largest absolute Gasteiger partial charge is 0.481 e. The summed E-state index contributed by atoms with van der Waals surface area (Å²) in [5, 5.41) is 2.78. The van der Waals surface area contributed by atoms with E-state index in [-0.39, 0.29) is 17.2 Å². The van der Waals surface area contributed by atoms with Gasteiger partial charge in [0.25, 0.3) is 5.91 Å². The highest BCUT2D eigenvalue weighted by atomic mass is 16.5. The number of aromatic nitrogens is 1. The molecule has 0 aliphatic heterocycles. The zero-order valence-electron chi connectivity index (χ0n) is 13.7. The number of carbonyl (C=O) groups is 2. The Bertz CT molecular complexity index is 762. The summed E-state index contributed by atoms with van der Waals surface area (Å²) in [6.45, 7) is 3.56. The Morgan fingerprint density at radius 1 is 1.25 bits per heavy atom. The highest BCUT2D eigenvalue weighted by molar-refractivity contribution is 5.94. The molecule has 0 radical (unpaired) electrons. The number of Topliss-reactive ketones (excluding diaryl/α,β-unsaturated/α-hetero) is 1. The van der Waals surface area contributed by atoms with Crippen LogP contribution in [0, 0.1) is 0 Å². The Balaban J connectivity index is 1.83. The molecule has 0 aliphatic carbocycles. The van der Waals surface area contributed by atoms with Gasteiger partial charge < -0.3 is 15.0 Å². The van der Waals surface area contributed by atoms with E-state index in [1.54, 1.807) is 43.5 Å². The Labute approximate surface area is 139 Å². The molecule has 0 fully saturated rings. The summed E-state index contributed by atoms with van der Waals surface area (Å²) >= 11 is 0. The molecule has 0 aliphatic rings. The number of hydrogen-bond donors (Lipinski definition) is 2. The van der Waals surface area contributed by atoms with Gasteiger partial charge in [0.2, 0.25) is 5.56 Å². The van der Waals surface area contributed by atoms with Gasteiger partial charge in [-0.25, -0.2) is 0 Å². The van der Waals surface area contributed by atoms with Crippen LogP contribution in [0.1, 0.15) is 29.8 Å². The predicted molar refractivity (Wildman–Crippen MR) is 90.3 cm³/mol. The zero-order chi connectivity index (χ0) is 17.5. The summed E-state index contributed by atoms with van der Waals surface area (Å²) in [5.74, 6) is 0.178. The third-order valence-corrected chi connectivity index (χ3v) is 3.48. The van der Waals surface area contributed by atoms with Gasteiger partial charge in [-0.3, -0.25) is 14.4 Å². The molecule has 2 rings (SSSR count). The molecule has 126 valence electrons. The Morgan fingerprint density at radius 2 is 2.04 bits per heavy atom. The summed E-state index contributed by atoms with van der Waals surface area (Å²) in [6.07, 6.45) is 1.55. The molecule has 1 aromatic carbocycles. The highest BCUT2D eigenvalue weighted by Crippen LogP contribution is 2.15. The van der Waals surface area contributed by atoms with Gasteiger partial charge in [0, 0.05) is 24.4 Å². The second-order valence-electron chi connectivity index (χ2n) is 5.45. The summed E-state index contributed by atoms with van der Waals surface area (Å²) in [7, 11) is 0. The summed E-state index contributed by atoms with van der Waals surface area (Å²) in [4.78, 5) is 37.0. The first-order valence-electron chi connectivity index (χ1n) is 7.68. The van der Waals surface area contributed by atoms with Crippen molar-refractivity contribution in [1.82, 2.24) is 10.3 Å². The smallest absolute Gasteiger partial charge is 0.260 e. The van der Waals surface area contributed by atoms with Crippen molar-refractivity contribution in [3.05, 3.63) is 64.1 Å². The number of hydrogen-bond acceptors (Lipinski definition) is 4.